The Bertz CT molecular complexity index is 2920. The van der Waals surface area contributed by atoms with Crippen molar-refractivity contribution in [1.29, 1.82) is 5.26 Å². The summed E-state index contributed by atoms with van der Waals surface area (Å²) >= 11 is 6.49. The molecular formula is C41H36ClFN16. The van der Waals surface area contributed by atoms with Crippen LogP contribution in [0.15, 0.2) is 106 Å². The number of anilines is 2. The number of nitrogens with two attached hydrogens (primary N) is 1. The van der Waals surface area contributed by atoms with Crippen LogP contribution in [0, 0.1) is 24.1 Å². The summed E-state index contributed by atoms with van der Waals surface area (Å²) in [6.45, 7) is 9.74. The van der Waals surface area contributed by atoms with Gasteiger partial charge >= 0.3 is 0 Å². The van der Waals surface area contributed by atoms with E-state index in [-0.39, 0.29) is 28.4 Å². The number of hydrogen-bond acceptors (Lipinski definition) is 13. The fourth-order valence-electron chi connectivity index (χ4n) is 6.93. The van der Waals surface area contributed by atoms with Gasteiger partial charge in [-0.15, -0.1) is 0 Å². The van der Waals surface area contributed by atoms with Crippen LogP contribution in [-0.2, 0) is 0 Å². The Morgan fingerprint density at radius 3 is 2.44 bits per heavy atom. The van der Waals surface area contributed by atoms with E-state index in [1.807, 2.05) is 67.8 Å². The maximum atomic E-state index is 15.8. The van der Waals surface area contributed by atoms with Gasteiger partial charge in [0.05, 0.1) is 41.6 Å². The molecule has 294 valence electrons. The first-order chi connectivity index (χ1) is 28.6. The van der Waals surface area contributed by atoms with Crippen LogP contribution in [-0.4, -0.2) is 64.6 Å². The molecule has 2 atom stereocenters. The zero-order valence-electron chi connectivity index (χ0n) is 32.3. The van der Waals surface area contributed by atoms with Crippen molar-refractivity contribution in [2.75, 3.05) is 18.1 Å². The highest BCUT2D eigenvalue weighted by Gasteiger charge is 2.27. The van der Waals surface area contributed by atoms with Crippen LogP contribution in [0.1, 0.15) is 60.3 Å². The van der Waals surface area contributed by atoms with Crippen LogP contribution >= 0.6 is 11.6 Å². The maximum Gasteiger partial charge on any atom is 0.156 e. The van der Waals surface area contributed by atoms with Gasteiger partial charge in [0.25, 0.3) is 0 Å². The second-order valence-electron chi connectivity index (χ2n) is 13.6. The number of nitrogens with zero attached hydrogens (tertiary/aromatic N) is 12. The van der Waals surface area contributed by atoms with Gasteiger partial charge in [0.1, 0.15) is 46.9 Å². The Morgan fingerprint density at radius 1 is 0.983 bits per heavy atom. The first kappa shape index (κ1) is 38.3. The smallest absolute Gasteiger partial charge is 0.156 e. The van der Waals surface area contributed by atoms with Gasteiger partial charge in [-0.3, -0.25) is 4.99 Å². The fourth-order valence-corrected chi connectivity index (χ4v) is 7.10. The summed E-state index contributed by atoms with van der Waals surface area (Å²) in [5.41, 5.74) is 13.0. The third-order valence-electron chi connectivity index (χ3n) is 9.86. The van der Waals surface area contributed by atoms with Gasteiger partial charge in [-0.1, -0.05) is 48.9 Å². The summed E-state index contributed by atoms with van der Waals surface area (Å²) in [6, 6.07) is 19.5. The van der Waals surface area contributed by atoms with Crippen molar-refractivity contribution < 1.29 is 4.39 Å². The van der Waals surface area contributed by atoms with E-state index in [0.29, 0.717) is 63.3 Å². The minimum atomic E-state index is -0.547. The average molecular weight is 807 g/mol. The Balaban J connectivity index is 1.19. The molecule has 5 N–H and O–H groups in total. The van der Waals surface area contributed by atoms with Gasteiger partial charge in [-0.05, 0) is 57.3 Å². The first-order valence-electron chi connectivity index (χ1n) is 18.4. The second-order valence-corrected chi connectivity index (χ2v) is 14.0. The molecule has 0 spiro atoms. The van der Waals surface area contributed by atoms with Crippen molar-refractivity contribution in [3.63, 3.8) is 0 Å². The molecule has 0 saturated heterocycles. The van der Waals surface area contributed by atoms with Crippen molar-refractivity contribution in [3.8, 4) is 28.6 Å². The normalized spacial score (nSPS) is 15.1. The van der Waals surface area contributed by atoms with Crippen LogP contribution < -0.4 is 21.7 Å². The van der Waals surface area contributed by atoms with Gasteiger partial charge < -0.3 is 21.7 Å². The van der Waals surface area contributed by atoms with Crippen LogP contribution in [0.25, 0.3) is 33.8 Å². The highest BCUT2D eigenvalue weighted by molar-refractivity contribution is 6.29. The third kappa shape index (κ3) is 7.17. The summed E-state index contributed by atoms with van der Waals surface area (Å²) in [7, 11) is 1.62. The molecule has 0 aliphatic carbocycles. The molecule has 16 nitrogen and oxygen atoms in total. The van der Waals surface area contributed by atoms with E-state index in [0.717, 1.165) is 22.5 Å². The SMILES string of the molecule is C=N/C(N[C@@H](C)c1cc2ncc(C)n2nc1-c1ccccc1)=C1/N=C(c2cc(F)cc(-c3nn4c(Cl)cnc4cc3[C@H](CC)Nc3ncnc(N)c3C#N)c2)N/C1=N/C. The van der Waals surface area contributed by atoms with Crippen molar-refractivity contribution in [2.24, 2.45) is 15.0 Å². The van der Waals surface area contributed by atoms with E-state index in [1.165, 1.54) is 29.2 Å². The molecular weight excluding hydrogens is 771 g/mol. The van der Waals surface area contributed by atoms with Crippen LogP contribution in [0.3, 0.4) is 0 Å². The number of halogens is 2. The lowest BCUT2D eigenvalue weighted by molar-refractivity contribution is 0.627. The van der Waals surface area contributed by atoms with E-state index >= 15 is 4.39 Å². The number of aliphatic imine (C=N–C) groups is 3. The lowest BCUT2D eigenvalue weighted by atomic mass is 9.97. The van der Waals surface area contributed by atoms with Crippen molar-refractivity contribution in [1.82, 2.24) is 49.8 Å². The molecule has 1 aliphatic rings. The first-order valence-corrected chi connectivity index (χ1v) is 18.8. The Hall–Kier alpha value is -7.58. The van der Waals surface area contributed by atoms with E-state index < -0.39 is 11.9 Å². The highest BCUT2D eigenvalue weighted by Crippen LogP contribution is 2.35. The number of amidine groups is 2. The fraction of sp³-hybridized carbons (Fsp3) is 0.171. The molecule has 0 bridgehead atoms. The van der Waals surface area contributed by atoms with Gasteiger partial charge in [0, 0.05) is 34.9 Å². The summed E-state index contributed by atoms with van der Waals surface area (Å²) in [5.74, 6) is 0.797. The Morgan fingerprint density at radius 2 is 1.69 bits per heavy atom. The molecule has 2 aromatic carbocycles. The summed E-state index contributed by atoms with van der Waals surface area (Å²) in [6.07, 6.45) is 5.05. The number of aryl methyl sites for hydroxylation is 1. The number of aromatic nitrogens is 8. The zero-order chi connectivity index (χ0) is 41.4. The molecule has 5 aromatic heterocycles. The molecule has 6 heterocycles. The molecule has 7 aromatic rings. The standard InChI is InChI=1S/C41H36ClFN16/c1-6-30(53-39-29(17-44)37(45)50-20-51-39)28-16-33-49-19-31(42)59(33)57-35(28)24-12-25(14-26(43)13-24)38-54-36(41(47-5)55-38)40(46-4)52-22(3)27-15-32-48-18-21(2)58(32)56-34(27)23-10-8-7-9-11-23/h7-16,18-20,22,30,52H,4,6H2,1-3,5H3,(H,47,54,55)(H3,45,50,51,53)/b40-36-/t22-,30-/m0/s1. The number of rotatable bonds is 11. The molecule has 59 heavy (non-hydrogen) atoms. The number of nitriles is 1. The number of nitrogens with one attached hydrogen (secondary N) is 3. The highest BCUT2D eigenvalue weighted by atomic mass is 35.5. The monoisotopic (exact) mass is 806 g/mol. The number of hydrogen-bond donors (Lipinski definition) is 4. The van der Waals surface area contributed by atoms with Crippen molar-refractivity contribution >= 4 is 52.9 Å². The van der Waals surface area contributed by atoms with Crippen LogP contribution in [0.5, 0.6) is 0 Å². The van der Waals surface area contributed by atoms with Gasteiger partial charge in [0.2, 0.25) is 0 Å². The van der Waals surface area contributed by atoms with E-state index in [4.69, 9.17) is 32.5 Å². The summed E-state index contributed by atoms with van der Waals surface area (Å²) in [5, 5.41) is 29.9. The number of imidazole rings is 2. The quantitative estimate of drug-likeness (QED) is 0.102. The topological polar surface area (TPSA) is 209 Å². The molecule has 18 heteroatoms. The van der Waals surface area contributed by atoms with Gasteiger partial charge in [-0.25, -0.2) is 43.3 Å². The minimum absolute atomic E-state index is 0.0380. The molecule has 0 amide bonds. The van der Waals surface area contributed by atoms with Crippen LogP contribution in [0.4, 0.5) is 16.0 Å². The maximum absolute atomic E-state index is 15.8. The van der Waals surface area contributed by atoms with E-state index in [1.54, 1.807) is 19.3 Å². The molecule has 0 radical (unpaired) electrons. The Labute approximate surface area is 342 Å². The summed E-state index contributed by atoms with van der Waals surface area (Å²) < 4.78 is 19.1. The molecule has 0 unspecified atom stereocenters. The molecule has 1 aliphatic heterocycles. The number of benzene rings is 2. The lowest BCUT2D eigenvalue weighted by Crippen LogP contribution is -2.27. The minimum Gasteiger partial charge on any atom is -0.382 e. The van der Waals surface area contributed by atoms with Crippen molar-refractivity contribution in [2.45, 2.75) is 39.3 Å². The zero-order valence-corrected chi connectivity index (χ0v) is 33.0. The van der Waals surface area contributed by atoms with Gasteiger partial charge in [-0.2, -0.15) is 15.5 Å². The summed E-state index contributed by atoms with van der Waals surface area (Å²) in [4.78, 5) is 30.8. The third-order valence-corrected chi connectivity index (χ3v) is 10.1. The molecule has 8 rings (SSSR count). The predicted octanol–water partition coefficient (Wildman–Crippen LogP) is 6.61. The largest absolute Gasteiger partial charge is 0.382 e. The van der Waals surface area contributed by atoms with E-state index in [9.17, 15) is 5.26 Å². The molecule has 0 saturated carbocycles. The predicted molar refractivity (Wildman–Crippen MR) is 226 cm³/mol. The number of nitrogen functional groups attached to an aromatic ring is 1. The van der Waals surface area contributed by atoms with Gasteiger partial charge in [0.15, 0.2) is 28.1 Å². The second kappa shape index (κ2) is 15.8. The van der Waals surface area contributed by atoms with Crippen molar-refractivity contribution in [3.05, 3.63) is 130 Å². The average Bonchev–Trinajstić information content (AvgIpc) is 3.97. The lowest BCUT2D eigenvalue weighted by Gasteiger charge is -2.22. The van der Waals surface area contributed by atoms with E-state index in [2.05, 4.69) is 58.7 Å². The molecule has 0 fully saturated rings. The van der Waals surface area contributed by atoms with Crippen LogP contribution in [0.2, 0.25) is 5.15 Å². The Kier molecular flexibility index (Phi) is 10.2. The number of fused-ring (bicyclic) bond motifs is 2.